The van der Waals surface area contributed by atoms with Gasteiger partial charge in [-0.05, 0) is 73.6 Å². The van der Waals surface area contributed by atoms with Crippen molar-refractivity contribution in [3.63, 3.8) is 0 Å². The van der Waals surface area contributed by atoms with Crippen molar-refractivity contribution in [2.45, 2.75) is 50.4 Å². The molecule has 2 N–H and O–H groups in total. The van der Waals surface area contributed by atoms with Gasteiger partial charge in [0, 0.05) is 17.3 Å². The number of aromatic nitrogens is 2. The number of nitrogens with zero attached hydrogens (tertiary/aromatic N) is 2. The number of rotatable bonds is 7. The van der Waals surface area contributed by atoms with Crippen LogP contribution in [0.4, 0.5) is 10.1 Å². The number of aromatic amines is 1. The maximum atomic E-state index is 14.2. The van der Waals surface area contributed by atoms with Gasteiger partial charge in [-0.1, -0.05) is 23.2 Å². The first kappa shape index (κ1) is 23.5. The maximum Gasteiger partial charge on any atom is 0.338 e. The number of hydrogen-bond acceptors (Lipinski definition) is 4. The summed E-state index contributed by atoms with van der Waals surface area (Å²) in [6, 6.07) is 9.41. The van der Waals surface area contributed by atoms with Crippen LogP contribution in [0.5, 0.6) is 0 Å². The SMILES string of the molecule is O=C(O)c1ccc(N2C(=O)[C@@H]3C[C@H]2C[C@H]3OCc2cc(-c3c(Cl)cc(C4CC4)cc3Cl)n[nH]2)cc1F. The monoisotopic (exact) mass is 529 g/mol. The highest BCUT2D eigenvalue weighted by Crippen LogP contribution is 2.45. The number of H-pyrrole nitrogens is 1. The van der Waals surface area contributed by atoms with Gasteiger partial charge in [0.25, 0.3) is 0 Å². The number of nitrogens with one attached hydrogen (secondary N) is 1. The second-order valence-corrected chi connectivity index (χ2v) is 10.5. The number of anilines is 1. The van der Waals surface area contributed by atoms with Crippen LogP contribution in [0.3, 0.4) is 0 Å². The second kappa shape index (κ2) is 8.87. The molecule has 7 nitrogen and oxygen atoms in total. The minimum absolute atomic E-state index is 0.123. The zero-order chi connectivity index (χ0) is 25.1. The number of ether oxygens (including phenoxy) is 1. The minimum Gasteiger partial charge on any atom is -0.478 e. The summed E-state index contributed by atoms with van der Waals surface area (Å²) in [6.07, 6.45) is 3.28. The fraction of sp³-hybridized carbons (Fsp3) is 0.346. The van der Waals surface area contributed by atoms with E-state index in [0.717, 1.165) is 30.2 Å². The van der Waals surface area contributed by atoms with Gasteiger partial charge in [-0.3, -0.25) is 9.89 Å². The highest BCUT2D eigenvalue weighted by molar-refractivity contribution is 6.39. The van der Waals surface area contributed by atoms with Crippen molar-refractivity contribution >= 4 is 40.8 Å². The van der Waals surface area contributed by atoms with Gasteiger partial charge in [0.15, 0.2) is 0 Å². The van der Waals surface area contributed by atoms with E-state index in [1.54, 1.807) is 4.90 Å². The lowest BCUT2D eigenvalue weighted by atomic mass is 10.0. The Labute approximate surface area is 216 Å². The van der Waals surface area contributed by atoms with Gasteiger partial charge < -0.3 is 14.7 Å². The lowest BCUT2D eigenvalue weighted by Crippen LogP contribution is -2.43. The molecule has 0 spiro atoms. The van der Waals surface area contributed by atoms with E-state index >= 15 is 0 Å². The topological polar surface area (TPSA) is 95.5 Å². The molecule has 2 aliphatic carbocycles. The van der Waals surface area contributed by atoms with Crippen LogP contribution in [0.2, 0.25) is 10.0 Å². The number of aromatic carboxylic acids is 1. The molecular weight excluding hydrogens is 508 g/mol. The summed E-state index contributed by atoms with van der Waals surface area (Å²) < 4.78 is 20.3. The molecule has 3 aromatic rings. The standard InChI is InChI=1S/C26H22Cl2FN3O4/c27-19-5-13(12-1-2-12)6-20(28)24(19)22-7-14(30-31-22)11-36-23-10-16-8-18(23)25(33)32(16)15-3-4-17(26(34)35)21(29)9-15/h3-7,9,12,16,18,23H,1-2,8,10-11H2,(H,30,31)(H,34,35)/t16-,18+,23+/m0/s1. The molecule has 3 aliphatic rings. The highest BCUT2D eigenvalue weighted by atomic mass is 35.5. The molecular formula is C26H22Cl2FN3O4. The second-order valence-electron chi connectivity index (χ2n) is 9.67. The molecule has 3 fully saturated rings. The van der Waals surface area contributed by atoms with Gasteiger partial charge in [-0.15, -0.1) is 0 Å². The molecule has 1 aromatic heterocycles. The Morgan fingerprint density at radius 3 is 2.56 bits per heavy atom. The number of benzene rings is 2. The number of carboxylic acid groups (broad SMARTS) is 1. The summed E-state index contributed by atoms with van der Waals surface area (Å²) >= 11 is 13.0. The number of hydrogen-bond donors (Lipinski definition) is 2. The van der Waals surface area contributed by atoms with Gasteiger partial charge in [-0.25, -0.2) is 9.18 Å². The van der Waals surface area contributed by atoms with E-state index in [2.05, 4.69) is 10.2 Å². The van der Waals surface area contributed by atoms with Crippen LogP contribution >= 0.6 is 23.2 Å². The average Bonchev–Trinajstić information content (AvgIpc) is 3.31. The third kappa shape index (κ3) is 4.07. The summed E-state index contributed by atoms with van der Waals surface area (Å²) in [5.41, 5.74) is 3.15. The molecule has 2 heterocycles. The molecule has 0 radical (unpaired) electrons. The molecule has 0 unspecified atom stereocenters. The summed E-state index contributed by atoms with van der Waals surface area (Å²) in [5.74, 6) is -2.14. The van der Waals surface area contributed by atoms with Crippen LogP contribution in [0.1, 0.15) is 53.2 Å². The molecule has 1 saturated heterocycles. The van der Waals surface area contributed by atoms with E-state index in [1.165, 1.54) is 12.1 Å². The number of piperidine rings is 1. The summed E-state index contributed by atoms with van der Waals surface area (Å²) in [5, 5.41) is 17.5. The van der Waals surface area contributed by atoms with Gasteiger partial charge in [0.2, 0.25) is 5.91 Å². The van der Waals surface area contributed by atoms with Crippen LogP contribution in [-0.2, 0) is 16.1 Å². The number of carbonyl (C=O) groups is 2. The normalized spacial score (nSPS) is 23.0. The van der Waals surface area contributed by atoms with Crippen molar-refractivity contribution in [3.8, 4) is 11.3 Å². The van der Waals surface area contributed by atoms with Gasteiger partial charge in [0.05, 0.1) is 45.6 Å². The number of fused-ring (bicyclic) bond motifs is 2. The Hall–Kier alpha value is -2.94. The third-order valence-electron chi connectivity index (χ3n) is 7.31. The Bertz CT molecular complexity index is 1370. The molecule has 186 valence electrons. The van der Waals surface area contributed by atoms with Gasteiger partial charge in [-0.2, -0.15) is 5.10 Å². The van der Waals surface area contributed by atoms with Crippen molar-refractivity contribution in [3.05, 3.63) is 69.1 Å². The molecule has 10 heteroatoms. The molecule has 36 heavy (non-hydrogen) atoms. The summed E-state index contributed by atoms with van der Waals surface area (Å²) in [4.78, 5) is 25.7. The van der Waals surface area contributed by atoms with E-state index in [-0.39, 0.29) is 30.6 Å². The zero-order valence-electron chi connectivity index (χ0n) is 19.0. The molecule has 1 aliphatic heterocycles. The van der Waals surface area contributed by atoms with Crippen molar-refractivity contribution in [1.29, 1.82) is 0 Å². The van der Waals surface area contributed by atoms with Crippen LogP contribution in [0.25, 0.3) is 11.3 Å². The fourth-order valence-corrected chi connectivity index (χ4v) is 6.10. The number of carboxylic acids is 1. The van der Waals surface area contributed by atoms with E-state index in [0.29, 0.717) is 45.7 Å². The van der Waals surface area contributed by atoms with E-state index in [4.69, 9.17) is 33.0 Å². The quantitative estimate of drug-likeness (QED) is 0.402. The molecule has 2 bridgehead atoms. The van der Waals surface area contributed by atoms with E-state index in [1.807, 2.05) is 18.2 Å². The lowest BCUT2D eigenvalue weighted by Gasteiger charge is -2.31. The maximum absolute atomic E-state index is 14.2. The van der Waals surface area contributed by atoms with Crippen molar-refractivity contribution in [1.82, 2.24) is 10.2 Å². The number of carbonyl (C=O) groups excluding carboxylic acids is 1. The molecule has 1 amide bonds. The predicted octanol–water partition coefficient (Wildman–Crippen LogP) is 5.81. The average molecular weight is 530 g/mol. The largest absolute Gasteiger partial charge is 0.478 e. The Kier molecular flexibility index (Phi) is 5.78. The van der Waals surface area contributed by atoms with E-state index in [9.17, 15) is 14.0 Å². The van der Waals surface area contributed by atoms with Crippen LogP contribution in [0, 0.1) is 11.7 Å². The first-order chi connectivity index (χ1) is 17.3. The Balaban J connectivity index is 1.11. The number of halogens is 3. The van der Waals surface area contributed by atoms with Gasteiger partial charge in [0.1, 0.15) is 5.82 Å². The summed E-state index contributed by atoms with van der Waals surface area (Å²) in [7, 11) is 0. The minimum atomic E-state index is -1.34. The van der Waals surface area contributed by atoms with Crippen LogP contribution in [-0.4, -0.2) is 39.3 Å². The molecule has 2 saturated carbocycles. The Morgan fingerprint density at radius 1 is 1.17 bits per heavy atom. The Morgan fingerprint density at radius 2 is 1.92 bits per heavy atom. The van der Waals surface area contributed by atoms with Gasteiger partial charge >= 0.3 is 5.97 Å². The third-order valence-corrected chi connectivity index (χ3v) is 7.91. The van der Waals surface area contributed by atoms with Crippen molar-refractivity contribution in [2.24, 2.45) is 5.92 Å². The van der Waals surface area contributed by atoms with Crippen LogP contribution in [0.15, 0.2) is 36.4 Å². The summed E-state index contributed by atoms with van der Waals surface area (Å²) in [6.45, 7) is 0.242. The first-order valence-corrected chi connectivity index (χ1v) is 12.6. The number of amides is 1. The van der Waals surface area contributed by atoms with Crippen molar-refractivity contribution in [2.75, 3.05) is 4.90 Å². The zero-order valence-corrected chi connectivity index (χ0v) is 20.5. The van der Waals surface area contributed by atoms with Crippen molar-refractivity contribution < 1.29 is 23.8 Å². The predicted molar refractivity (Wildman–Crippen MR) is 132 cm³/mol. The smallest absolute Gasteiger partial charge is 0.338 e. The highest BCUT2D eigenvalue weighted by Gasteiger charge is 2.52. The van der Waals surface area contributed by atoms with E-state index < -0.39 is 17.3 Å². The molecule has 2 aromatic carbocycles. The first-order valence-electron chi connectivity index (χ1n) is 11.8. The molecule has 6 rings (SSSR count). The van der Waals surface area contributed by atoms with Crippen LogP contribution < -0.4 is 4.90 Å². The lowest BCUT2D eigenvalue weighted by molar-refractivity contribution is -0.126. The fourth-order valence-electron chi connectivity index (χ4n) is 5.40. The molecule has 3 atom stereocenters.